The summed E-state index contributed by atoms with van der Waals surface area (Å²) in [7, 11) is 1.68. The van der Waals surface area contributed by atoms with Crippen molar-refractivity contribution in [2.24, 2.45) is 7.05 Å². The Hall–Kier alpha value is -4.71. The van der Waals surface area contributed by atoms with Gasteiger partial charge in [0.1, 0.15) is 34.3 Å². The summed E-state index contributed by atoms with van der Waals surface area (Å²) in [6.07, 6.45) is 2.35. The molecule has 0 saturated carbocycles. The first-order valence-electron chi connectivity index (χ1n) is 13.2. The molecule has 0 radical (unpaired) electrons. The smallest absolute Gasteiger partial charge is 0.410 e. The van der Waals surface area contributed by atoms with E-state index in [1.165, 1.54) is 12.3 Å². The average molecular weight is 561 g/mol. The maximum atomic E-state index is 15.3. The lowest BCUT2D eigenvalue weighted by Crippen LogP contribution is -2.40. The molecule has 0 spiro atoms. The number of fused-ring (bicyclic) bond motifs is 2. The summed E-state index contributed by atoms with van der Waals surface area (Å²) in [6.45, 7) is 7.37. The summed E-state index contributed by atoms with van der Waals surface area (Å²) >= 11 is 0. The van der Waals surface area contributed by atoms with Crippen LogP contribution in [0.2, 0.25) is 0 Å². The number of nitrogens with zero attached hydrogens (tertiary/aromatic N) is 7. The zero-order valence-electron chi connectivity index (χ0n) is 23.5. The number of hydrogen-bond donors (Lipinski definition) is 1. The Morgan fingerprint density at radius 1 is 1.27 bits per heavy atom. The van der Waals surface area contributed by atoms with Crippen LogP contribution in [0.3, 0.4) is 0 Å². The third-order valence-corrected chi connectivity index (χ3v) is 7.20. The number of anilines is 1. The quantitative estimate of drug-likeness (QED) is 0.359. The van der Waals surface area contributed by atoms with Gasteiger partial charge in [0.05, 0.1) is 34.1 Å². The van der Waals surface area contributed by atoms with E-state index >= 15 is 4.39 Å². The fourth-order valence-electron chi connectivity index (χ4n) is 5.20. The summed E-state index contributed by atoms with van der Waals surface area (Å²) in [4.78, 5) is 23.0. The minimum Gasteiger partial charge on any atom is -0.444 e. The van der Waals surface area contributed by atoms with Gasteiger partial charge in [0.2, 0.25) is 0 Å². The highest BCUT2D eigenvalue weighted by Crippen LogP contribution is 2.35. The molecule has 0 bridgehead atoms. The predicted octanol–water partition coefficient (Wildman–Crippen LogP) is 4.74. The summed E-state index contributed by atoms with van der Waals surface area (Å²) in [6, 6.07) is 4.56. The number of benzene rings is 1. The van der Waals surface area contributed by atoms with E-state index < -0.39 is 28.9 Å². The molecule has 1 unspecified atom stereocenters. The average Bonchev–Trinajstić information content (AvgIpc) is 3.57. The molecule has 1 saturated heterocycles. The predicted molar refractivity (Wildman–Crippen MR) is 149 cm³/mol. The number of nitriles is 1. The van der Waals surface area contributed by atoms with E-state index in [0.29, 0.717) is 35.1 Å². The van der Waals surface area contributed by atoms with E-state index in [-0.39, 0.29) is 42.1 Å². The summed E-state index contributed by atoms with van der Waals surface area (Å²) in [5.41, 5.74) is 6.29. The Bertz CT molecular complexity index is 1780. The van der Waals surface area contributed by atoms with E-state index in [4.69, 9.17) is 15.7 Å². The lowest BCUT2D eigenvalue weighted by atomic mass is 10.1. The number of imidazole rings is 1. The Morgan fingerprint density at radius 2 is 2.02 bits per heavy atom. The maximum absolute atomic E-state index is 15.3. The van der Waals surface area contributed by atoms with Crippen LogP contribution in [-0.4, -0.2) is 53.5 Å². The van der Waals surface area contributed by atoms with Gasteiger partial charge in [-0.25, -0.2) is 23.5 Å². The lowest BCUT2D eigenvalue weighted by molar-refractivity contribution is 0.0217. The van der Waals surface area contributed by atoms with E-state index in [9.17, 15) is 9.18 Å². The van der Waals surface area contributed by atoms with Crippen molar-refractivity contribution in [3.8, 4) is 17.9 Å². The number of halogens is 2. The van der Waals surface area contributed by atoms with Crippen molar-refractivity contribution in [1.29, 1.82) is 5.26 Å². The van der Waals surface area contributed by atoms with Gasteiger partial charge in [0.25, 0.3) is 0 Å². The first kappa shape index (κ1) is 27.8. The van der Waals surface area contributed by atoms with Crippen LogP contribution in [0.15, 0.2) is 18.3 Å². The number of carbonyl (C=O) groups excluding carboxylic acids is 1. The zero-order valence-corrected chi connectivity index (χ0v) is 23.5. The number of pyridine rings is 1. The topological polar surface area (TPSA) is 128 Å². The number of hydrogen-bond acceptors (Lipinski definition) is 7. The van der Waals surface area contributed by atoms with Crippen molar-refractivity contribution in [3.63, 3.8) is 0 Å². The fourth-order valence-corrected chi connectivity index (χ4v) is 5.20. The number of rotatable bonds is 3. The van der Waals surface area contributed by atoms with Gasteiger partial charge >= 0.3 is 6.09 Å². The largest absolute Gasteiger partial charge is 0.444 e. The highest BCUT2D eigenvalue weighted by molar-refractivity contribution is 5.93. The molecular weight excluding hydrogens is 530 g/mol. The molecular formula is C29H30F2N8O2. The number of amides is 1. The number of likely N-dealkylation sites (tertiary alicyclic amines) is 1. The third-order valence-electron chi connectivity index (χ3n) is 7.20. The van der Waals surface area contributed by atoms with Crippen LogP contribution in [0.1, 0.15) is 63.2 Å². The van der Waals surface area contributed by atoms with E-state index in [2.05, 4.69) is 33.0 Å². The van der Waals surface area contributed by atoms with Crippen molar-refractivity contribution >= 4 is 33.8 Å². The number of aryl methyl sites for hydroxylation is 2. The van der Waals surface area contributed by atoms with Crippen LogP contribution in [0.5, 0.6) is 0 Å². The van der Waals surface area contributed by atoms with Gasteiger partial charge < -0.3 is 19.9 Å². The Morgan fingerprint density at radius 3 is 2.73 bits per heavy atom. The van der Waals surface area contributed by atoms with Crippen molar-refractivity contribution in [1.82, 2.24) is 29.2 Å². The lowest BCUT2D eigenvalue weighted by Gasteiger charge is -2.28. The molecule has 1 aliphatic heterocycles. The van der Waals surface area contributed by atoms with Crippen LogP contribution < -0.4 is 5.73 Å². The second kappa shape index (κ2) is 10.4. The molecule has 1 fully saturated rings. The number of aromatic nitrogens is 5. The molecule has 1 aromatic carbocycles. The second-order valence-corrected chi connectivity index (χ2v) is 11.1. The molecule has 41 heavy (non-hydrogen) atoms. The first-order chi connectivity index (χ1) is 19.4. The van der Waals surface area contributed by atoms with Gasteiger partial charge in [-0.1, -0.05) is 5.92 Å². The molecule has 212 valence electrons. The van der Waals surface area contributed by atoms with Gasteiger partial charge in [-0.05, 0) is 52.5 Å². The molecule has 4 aromatic rings. The van der Waals surface area contributed by atoms with Crippen LogP contribution in [0.25, 0.3) is 21.9 Å². The van der Waals surface area contributed by atoms with Crippen LogP contribution in [-0.2, 0) is 11.8 Å². The van der Waals surface area contributed by atoms with Crippen molar-refractivity contribution in [2.45, 2.75) is 64.6 Å². The number of nitrogens with two attached hydrogens (primary N) is 1. The van der Waals surface area contributed by atoms with Gasteiger partial charge in [0, 0.05) is 38.3 Å². The summed E-state index contributed by atoms with van der Waals surface area (Å²) in [5, 5.41) is 14.3. The van der Waals surface area contributed by atoms with Crippen molar-refractivity contribution in [2.75, 3.05) is 12.3 Å². The summed E-state index contributed by atoms with van der Waals surface area (Å²) in [5.74, 6) is 4.44. The fraction of sp³-hybridized carbons (Fsp3) is 0.414. The second-order valence-electron chi connectivity index (χ2n) is 11.1. The minimum atomic E-state index is -0.852. The third kappa shape index (κ3) is 5.13. The van der Waals surface area contributed by atoms with Crippen LogP contribution >= 0.6 is 0 Å². The van der Waals surface area contributed by atoms with Gasteiger partial charge in [-0.3, -0.25) is 4.68 Å². The zero-order chi connectivity index (χ0) is 29.6. The van der Waals surface area contributed by atoms with E-state index in [1.54, 1.807) is 55.0 Å². The van der Waals surface area contributed by atoms with Crippen molar-refractivity contribution in [3.05, 3.63) is 47.0 Å². The molecule has 1 aliphatic rings. The van der Waals surface area contributed by atoms with E-state index in [1.807, 2.05) is 0 Å². The Labute approximate surface area is 235 Å². The maximum Gasteiger partial charge on any atom is 0.410 e. The molecule has 10 nitrogen and oxygen atoms in total. The number of ether oxygens (including phenoxy) is 1. The number of carbonyl (C=O) groups is 1. The van der Waals surface area contributed by atoms with Gasteiger partial charge in [-0.2, -0.15) is 10.4 Å². The highest BCUT2D eigenvalue weighted by atomic mass is 19.1. The Kier molecular flexibility index (Phi) is 7.03. The summed E-state index contributed by atoms with van der Waals surface area (Å²) < 4.78 is 39.2. The normalized spacial score (nSPS) is 17.1. The standard InChI is InChI=1S/C29H30F2N8O2/c1-16-35-26-23(37(16)5)14-20(30)19(25(26)31)8-9-21-24-22(10-12-34-27(24)33)39(36-21)18-13-17(7-6-11-32)38(15-18)28(40)41-29(2,3)4/h10,12,14,17-18H,6-7,13,15H2,1-5H3,(H2,33,34)/t17-,18?/m0/s1. The van der Waals surface area contributed by atoms with Crippen molar-refractivity contribution < 1.29 is 18.3 Å². The molecule has 4 heterocycles. The van der Waals surface area contributed by atoms with E-state index in [0.717, 1.165) is 0 Å². The van der Waals surface area contributed by atoms with Crippen LogP contribution in [0.4, 0.5) is 19.4 Å². The highest BCUT2D eigenvalue weighted by Gasteiger charge is 2.39. The molecule has 2 N–H and O–H groups in total. The first-order valence-corrected chi connectivity index (χ1v) is 13.2. The monoisotopic (exact) mass is 560 g/mol. The van der Waals surface area contributed by atoms with Gasteiger partial charge in [-0.15, -0.1) is 0 Å². The van der Waals surface area contributed by atoms with Crippen LogP contribution in [0, 0.1) is 41.7 Å². The Balaban J connectivity index is 1.56. The van der Waals surface area contributed by atoms with Gasteiger partial charge in [0.15, 0.2) is 5.82 Å². The minimum absolute atomic E-state index is 0.0314. The molecule has 0 aliphatic carbocycles. The molecule has 1 amide bonds. The molecule has 3 aromatic heterocycles. The molecule has 5 rings (SSSR count). The number of nitrogen functional groups attached to an aromatic ring is 1. The molecule has 2 atom stereocenters. The molecule has 12 heteroatoms. The SMILES string of the molecule is Cc1nc2c(F)c(C#Cc3nn(C4C[C@H](CCC#N)N(C(=O)OC(C)(C)C)C4)c4ccnc(N)c34)c(F)cc2n1C.